The van der Waals surface area contributed by atoms with Crippen LogP contribution in [-0.4, -0.2) is 34.2 Å². The molecule has 2 heterocycles. The Morgan fingerprint density at radius 2 is 2.00 bits per heavy atom. The molecule has 23 heavy (non-hydrogen) atoms. The van der Waals surface area contributed by atoms with Crippen LogP contribution >= 0.6 is 0 Å². The second-order valence-electron chi connectivity index (χ2n) is 6.56. The Hall–Kier alpha value is -1.95. The fourth-order valence-electron chi connectivity index (χ4n) is 3.13. The van der Waals surface area contributed by atoms with E-state index in [9.17, 15) is 4.39 Å². The average Bonchev–Trinajstić information content (AvgIpc) is 3.30. The molecule has 4 rings (SSSR count). The molecule has 122 valence electrons. The van der Waals surface area contributed by atoms with Crippen molar-refractivity contribution < 1.29 is 8.81 Å². The van der Waals surface area contributed by atoms with Gasteiger partial charge in [0.1, 0.15) is 5.82 Å². The summed E-state index contributed by atoms with van der Waals surface area (Å²) in [4.78, 5) is 2.38. The Morgan fingerprint density at radius 3 is 2.78 bits per heavy atom. The smallest absolute Gasteiger partial charge is 0.315 e. The summed E-state index contributed by atoms with van der Waals surface area (Å²) in [5.41, 5.74) is 1.14. The van der Waals surface area contributed by atoms with Crippen molar-refractivity contribution in [2.75, 3.05) is 18.4 Å². The number of aromatic nitrogens is 2. The van der Waals surface area contributed by atoms with Crippen molar-refractivity contribution in [1.29, 1.82) is 0 Å². The predicted molar refractivity (Wildman–Crippen MR) is 84.6 cm³/mol. The molecule has 0 spiro atoms. The van der Waals surface area contributed by atoms with Gasteiger partial charge in [-0.15, -0.1) is 5.10 Å². The number of nitrogens with one attached hydrogen (secondary N) is 1. The standard InChI is InChI=1S/C17H21FN4O/c18-14-7-3-12(4-8-14)10-22-9-1-2-15(11-22)19-17-21-20-16(23-17)13-5-6-13/h3-4,7-8,13,15H,1-2,5-6,9-11H2,(H,19,21)/t15-/m0/s1. The summed E-state index contributed by atoms with van der Waals surface area (Å²) in [5, 5.41) is 11.6. The number of benzene rings is 1. The first-order valence-corrected chi connectivity index (χ1v) is 8.33. The quantitative estimate of drug-likeness (QED) is 0.918. The number of hydrogen-bond acceptors (Lipinski definition) is 5. The third-order valence-corrected chi connectivity index (χ3v) is 4.52. The Balaban J connectivity index is 1.33. The van der Waals surface area contributed by atoms with Crippen molar-refractivity contribution in [2.24, 2.45) is 0 Å². The first-order chi connectivity index (χ1) is 11.3. The summed E-state index contributed by atoms with van der Waals surface area (Å²) < 4.78 is 18.7. The lowest BCUT2D eigenvalue weighted by Crippen LogP contribution is -2.41. The first-order valence-electron chi connectivity index (χ1n) is 8.33. The van der Waals surface area contributed by atoms with E-state index in [1.807, 2.05) is 12.1 Å². The maximum atomic E-state index is 13.0. The van der Waals surface area contributed by atoms with Gasteiger partial charge in [-0.1, -0.05) is 17.2 Å². The predicted octanol–water partition coefficient (Wildman–Crippen LogP) is 3.16. The molecule has 1 N–H and O–H groups in total. The van der Waals surface area contributed by atoms with Gasteiger partial charge in [0.2, 0.25) is 5.89 Å². The van der Waals surface area contributed by atoms with E-state index in [1.54, 1.807) is 0 Å². The molecule has 2 aliphatic rings. The van der Waals surface area contributed by atoms with E-state index in [2.05, 4.69) is 20.4 Å². The molecule has 1 aliphatic carbocycles. The monoisotopic (exact) mass is 316 g/mol. The van der Waals surface area contributed by atoms with Crippen molar-refractivity contribution in [2.45, 2.75) is 44.2 Å². The largest absolute Gasteiger partial charge is 0.408 e. The molecular formula is C17H21FN4O. The summed E-state index contributed by atoms with van der Waals surface area (Å²) in [6.45, 7) is 2.83. The van der Waals surface area contributed by atoms with Crippen LogP contribution in [0.3, 0.4) is 0 Å². The molecule has 0 bridgehead atoms. The maximum Gasteiger partial charge on any atom is 0.315 e. The lowest BCUT2D eigenvalue weighted by atomic mass is 10.0. The number of nitrogens with zero attached hydrogens (tertiary/aromatic N) is 3. The van der Waals surface area contributed by atoms with Gasteiger partial charge in [-0.2, -0.15) is 0 Å². The van der Waals surface area contributed by atoms with Gasteiger partial charge >= 0.3 is 6.01 Å². The SMILES string of the molecule is Fc1ccc(CN2CCC[C@H](Nc3nnc(C4CC4)o3)C2)cc1. The number of halogens is 1. The van der Waals surface area contributed by atoms with Crippen molar-refractivity contribution in [3.8, 4) is 0 Å². The minimum absolute atomic E-state index is 0.185. The van der Waals surface area contributed by atoms with Gasteiger partial charge in [0, 0.05) is 25.0 Å². The fraction of sp³-hybridized carbons (Fsp3) is 0.529. The Kier molecular flexibility index (Phi) is 3.99. The molecule has 2 aromatic rings. The number of hydrogen-bond donors (Lipinski definition) is 1. The fourth-order valence-corrected chi connectivity index (χ4v) is 3.13. The van der Waals surface area contributed by atoms with Gasteiger partial charge in [0.25, 0.3) is 0 Å². The van der Waals surface area contributed by atoms with Crippen LogP contribution in [0.5, 0.6) is 0 Å². The van der Waals surface area contributed by atoms with Crippen LogP contribution in [0.2, 0.25) is 0 Å². The average molecular weight is 316 g/mol. The van der Waals surface area contributed by atoms with Crippen molar-refractivity contribution in [3.63, 3.8) is 0 Å². The van der Waals surface area contributed by atoms with E-state index in [-0.39, 0.29) is 5.82 Å². The van der Waals surface area contributed by atoms with Crippen LogP contribution in [0.4, 0.5) is 10.4 Å². The number of likely N-dealkylation sites (tertiary alicyclic amines) is 1. The molecule has 6 heteroatoms. The van der Waals surface area contributed by atoms with Gasteiger partial charge in [-0.3, -0.25) is 4.90 Å². The number of anilines is 1. The van der Waals surface area contributed by atoms with Crippen molar-refractivity contribution in [3.05, 3.63) is 41.5 Å². The molecule has 0 unspecified atom stereocenters. The van der Waals surface area contributed by atoms with Crippen LogP contribution in [-0.2, 0) is 6.54 Å². The van der Waals surface area contributed by atoms with E-state index >= 15 is 0 Å². The summed E-state index contributed by atoms with van der Waals surface area (Å²) in [6, 6.07) is 7.61. The molecule has 1 aromatic carbocycles. The molecule has 5 nitrogen and oxygen atoms in total. The van der Waals surface area contributed by atoms with Crippen LogP contribution in [0.1, 0.15) is 43.1 Å². The van der Waals surface area contributed by atoms with Crippen LogP contribution in [0, 0.1) is 5.82 Å². The molecular weight excluding hydrogens is 295 g/mol. The normalized spacial score (nSPS) is 22.2. The number of rotatable bonds is 5. The molecule has 2 fully saturated rings. The van der Waals surface area contributed by atoms with E-state index in [0.29, 0.717) is 18.0 Å². The zero-order valence-electron chi connectivity index (χ0n) is 13.0. The van der Waals surface area contributed by atoms with Gasteiger partial charge in [-0.05, 0) is 49.9 Å². The van der Waals surface area contributed by atoms with Crippen LogP contribution in [0.25, 0.3) is 0 Å². The van der Waals surface area contributed by atoms with Gasteiger partial charge in [0.05, 0.1) is 0 Å². The Bertz CT molecular complexity index is 653. The molecule has 1 saturated carbocycles. The lowest BCUT2D eigenvalue weighted by Gasteiger charge is -2.32. The van der Waals surface area contributed by atoms with Crippen LogP contribution in [0.15, 0.2) is 28.7 Å². The zero-order chi connectivity index (χ0) is 15.6. The Labute approximate surface area is 134 Å². The Morgan fingerprint density at radius 1 is 1.17 bits per heavy atom. The van der Waals surface area contributed by atoms with Gasteiger partial charge < -0.3 is 9.73 Å². The van der Waals surface area contributed by atoms with E-state index in [1.165, 1.54) is 12.1 Å². The second-order valence-corrected chi connectivity index (χ2v) is 6.56. The molecule has 1 atom stereocenters. The maximum absolute atomic E-state index is 13.0. The summed E-state index contributed by atoms with van der Waals surface area (Å²) in [6.07, 6.45) is 4.55. The lowest BCUT2D eigenvalue weighted by molar-refractivity contribution is 0.207. The topological polar surface area (TPSA) is 54.2 Å². The molecule has 1 aromatic heterocycles. The third kappa shape index (κ3) is 3.69. The first kappa shape index (κ1) is 14.6. The van der Waals surface area contributed by atoms with Crippen LogP contribution < -0.4 is 5.32 Å². The summed E-state index contributed by atoms with van der Waals surface area (Å²) in [5.74, 6) is 1.07. The molecule has 1 aliphatic heterocycles. The van der Waals surface area contributed by atoms with E-state index in [0.717, 1.165) is 56.8 Å². The summed E-state index contributed by atoms with van der Waals surface area (Å²) in [7, 11) is 0. The number of piperidine rings is 1. The van der Waals surface area contributed by atoms with E-state index in [4.69, 9.17) is 4.42 Å². The molecule has 0 amide bonds. The van der Waals surface area contributed by atoms with Crippen molar-refractivity contribution >= 4 is 6.01 Å². The third-order valence-electron chi connectivity index (χ3n) is 4.52. The highest BCUT2D eigenvalue weighted by molar-refractivity contribution is 5.22. The zero-order valence-corrected chi connectivity index (χ0v) is 13.0. The minimum atomic E-state index is -0.185. The molecule has 1 saturated heterocycles. The van der Waals surface area contributed by atoms with Gasteiger partial charge in [0.15, 0.2) is 0 Å². The highest BCUT2D eigenvalue weighted by Gasteiger charge is 2.30. The summed E-state index contributed by atoms with van der Waals surface area (Å²) >= 11 is 0. The second kappa shape index (κ2) is 6.28. The van der Waals surface area contributed by atoms with Gasteiger partial charge in [-0.25, -0.2) is 4.39 Å². The van der Waals surface area contributed by atoms with Crippen molar-refractivity contribution in [1.82, 2.24) is 15.1 Å². The minimum Gasteiger partial charge on any atom is -0.408 e. The highest BCUT2D eigenvalue weighted by Crippen LogP contribution is 2.39. The highest BCUT2D eigenvalue weighted by atomic mass is 19.1. The molecule has 0 radical (unpaired) electrons. The van der Waals surface area contributed by atoms with E-state index < -0.39 is 0 Å².